The lowest BCUT2D eigenvalue weighted by atomic mass is 10.0. The molecule has 0 N–H and O–H groups in total. The molecule has 1 heterocycles. The molecule has 9 heavy (non-hydrogen) atoms. The first-order valence-corrected chi connectivity index (χ1v) is 3.85. The molecule has 0 radical (unpaired) electrons. The number of hydrogen-bond donors (Lipinski definition) is 0. The Bertz CT molecular complexity index is 115. The van der Waals surface area contributed by atoms with Gasteiger partial charge in [0, 0.05) is 12.0 Å². The van der Waals surface area contributed by atoms with Crippen LogP contribution in [0.2, 0.25) is 0 Å². The zero-order valence-corrected chi connectivity index (χ0v) is 6.18. The van der Waals surface area contributed by atoms with Gasteiger partial charge in [0.15, 0.2) is 0 Å². The molecular formula is C8H14O. The maximum absolute atomic E-state index is 5.36. The van der Waals surface area contributed by atoms with E-state index in [0.717, 1.165) is 25.0 Å². The third-order valence-electron chi connectivity index (χ3n) is 3.54. The standard InChI is InChI=1S/C8H14O/c1-6-7(2)8(6)3-4-9-5-8/h6-7H,3-5H2,1-2H3. The first-order valence-electron chi connectivity index (χ1n) is 3.85. The van der Waals surface area contributed by atoms with Crippen LogP contribution in [0.4, 0.5) is 0 Å². The molecule has 2 atom stereocenters. The van der Waals surface area contributed by atoms with Gasteiger partial charge < -0.3 is 4.74 Å². The number of rotatable bonds is 0. The smallest absolute Gasteiger partial charge is 0.0528 e. The molecule has 1 heteroatoms. The monoisotopic (exact) mass is 126 g/mol. The summed E-state index contributed by atoms with van der Waals surface area (Å²) in [6, 6.07) is 0. The molecule has 1 saturated carbocycles. The fourth-order valence-corrected chi connectivity index (χ4v) is 2.26. The van der Waals surface area contributed by atoms with Gasteiger partial charge in [-0.2, -0.15) is 0 Å². The minimum Gasteiger partial charge on any atom is -0.381 e. The summed E-state index contributed by atoms with van der Waals surface area (Å²) in [6.07, 6.45) is 1.31. The van der Waals surface area contributed by atoms with Gasteiger partial charge in [-0.1, -0.05) is 13.8 Å². The Labute approximate surface area is 56.4 Å². The SMILES string of the molecule is CC1C(C)C12CCOC2. The van der Waals surface area contributed by atoms with Gasteiger partial charge in [-0.15, -0.1) is 0 Å². The Balaban J connectivity index is 2.11. The van der Waals surface area contributed by atoms with Crippen LogP contribution in [-0.2, 0) is 4.74 Å². The first-order chi connectivity index (χ1) is 4.27. The van der Waals surface area contributed by atoms with E-state index in [9.17, 15) is 0 Å². The van der Waals surface area contributed by atoms with Crippen molar-refractivity contribution in [2.75, 3.05) is 13.2 Å². The van der Waals surface area contributed by atoms with E-state index in [2.05, 4.69) is 13.8 Å². The third kappa shape index (κ3) is 0.536. The highest BCUT2D eigenvalue weighted by atomic mass is 16.5. The second-order valence-corrected chi connectivity index (χ2v) is 3.61. The van der Waals surface area contributed by atoms with Crippen molar-refractivity contribution in [2.24, 2.45) is 17.3 Å². The normalized spacial score (nSPS) is 56.7. The number of hydrogen-bond acceptors (Lipinski definition) is 1. The van der Waals surface area contributed by atoms with Crippen molar-refractivity contribution in [2.45, 2.75) is 20.3 Å². The van der Waals surface area contributed by atoms with Crippen molar-refractivity contribution in [3.05, 3.63) is 0 Å². The maximum Gasteiger partial charge on any atom is 0.0528 e. The van der Waals surface area contributed by atoms with Crippen LogP contribution in [0.15, 0.2) is 0 Å². The van der Waals surface area contributed by atoms with E-state index in [4.69, 9.17) is 4.74 Å². The summed E-state index contributed by atoms with van der Waals surface area (Å²) in [5.74, 6) is 1.86. The van der Waals surface area contributed by atoms with Crippen LogP contribution in [0.1, 0.15) is 20.3 Å². The lowest BCUT2D eigenvalue weighted by Crippen LogP contribution is -2.02. The van der Waals surface area contributed by atoms with Crippen LogP contribution < -0.4 is 0 Å². The predicted octanol–water partition coefficient (Wildman–Crippen LogP) is 1.68. The predicted molar refractivity (Wildman–Crippen MR) is 36.2 cm³/mol. The van der Waals surface area contributed by atoms with Crippen LogP contribution >= 0.6 is 0 Å². The largest absolute Gasteiger partial charge is 0.381 e. The molecule has 2 unspecified atom stereocenters. The summed E-state index contributed by atoms with van der Waals surface area (Å²) >= 11 is 0. The molecule has 2 aliphatic rings. The molecule has 0 amide bonds. The second kappa shape index (κ2) is 1.51. The van der Waals surface area contributed by atoms with E-state index in [-0.39, 0.29) is 0 Å². The van der Waals surface area contributed by atoms with Crippen LogP contribution in [0.3, 0.4) is 0 Å². The maximum atomic E-state index is 5.36. The van der Waals surface area contributed by atoms with Crippen LogP contribution in [0.25, 0.3) is 0 Å². The molecule has 52 valence electrons. The Morgan fingerprint density at radius 3 is 2.22 bits per heavy atom. The van der Waals surface area contributed by atoms with Crippen molar-refractivity contribution < 1.29 is 4.74 Å². The summed E-state index contributed by atoms with van der Waals surface area (Å²) < 4.78 is 5.36. The minimum absolute atomic E-state index is 0.639. The topological polar surface area (TPSA) is 9.23 Å². The van der Waals surface area contributed by atoms with E-state index < -0.39 is 0 Å². The van der Waals surface area contributed by atoms with E-state index in [0.29, 0.717) is 5.41 Å². The van der Waals surface area contributed by atoms with Crippen LogP contribution in [-0.4, -0.2) is 13.2 Å². The molecular weight excluding hydrogens is 112 g/mol. The van der Waals surface area contributed by atoms with E-state index in [1.165, 1.54) is 6.42 Å². The molecule has 2 rings (SSSR count). The summed E-state index contributed by atoms with van der Waals surface area (Å²) in [7, 11) is 0. The third-order valence-corrected chi connectivity index (χ3v) is 3.54. The summed E-state index contributed by atoms with van der Waals surface area (Å²) in [5, 5.41) is 0. The van der Waals surface area contributed by atoms with E-state index in [1.807, 2.05) is 0 Å². The Morgan fingerprint density at radius 1 is 1.33 bits per heavy atom. The fraction of sp³-hybridized carbons (Fsp3) is 1.00. The molecule has 1 aliphatic carbocycles. The number of ether oxygens (including phenoxy) is 1. The Hall–Kier alpha value is -0.0400. The highest BCUT2D eigenvalue weighted by Crippen LogP contribution is 2.62. The van der Waals surface area contributed by atoms with Gasteiger partial charge in [0.05, 0.1) is 6.61 Å². The van der Waals surface area contributed by atoms with Crippen LogP contribution in [0.5, 0.6) is 0 Å². The average molecular weight is 126 g/mol. The lowest BCUT2D eigenvalue weighted by Gasteiger charge is -2.01. The molecule has 1 spiro atoms. The van der Waals surface area contributed by atoms with Gasteiger partial charge in [-0.3, -0.25) is 0 Å². The van der Waals surface area contributed by atoms with Gasteiger partial charge in [0.1, 0.15) is 0 Å². The highest BCUT2D eigenvalue weighted by molar-refractivity contribution is 5.07. The molecule has 1 nitrogen and oxygen atoms in total. The summed E-state index contributed by atoms with van der Waals surface area (Å²) in [4.78, 5) is 0. The molecule has 0 bridgehead atoms. The summed E-state index contributed by atoms with van der Waals surface area (Å²) in [6.45, 7) is 6.74. The van der Waals surface area contributed by atoms with Crippen LogP contribution in [0, 0.1) is 17.3 Å². The van der Waals surface area contributed by atoms with Gasteiger partial charge in [-0.05, 0) is 18.3 Å². The molecule has 0 aromatic carbocycles. The fourth-order valence-electron chi connectivity index (χ4n) is 2.26. The van der Waals surface area contributed by atoms with Gasteiger partial charge in [0.25, 0.3) is 0 Å². The van der Waals surface area contributed by atoms with Crippen molar-refractivity contribution in [1.29, 1.82) is 0 Å². The van der Waals surface area contributed by atoms with Crippen molar-refractivity contribution in [1.82, 2.24) is 0 Å². The zero-order valence-electron chi connectivity index (χ0n) is 6.18. The molecule has 0 aromatic rings. The molecule has 1 aliphatic heterocycles. The molecule has 2 fully saturated rings. The van der Waals surface area contributed by atoms with Crippen molar-refractivity contribution >= 4 is 0 Å². The average Bonchev–Trinajstić information content (AvgIpc) is 2.44. The van der Waals surface area contributed by atoms with Crippen molar-refractivity contribution in [3.8, 4) is 0 Å². The lowest BCUT2D eigenvalue weighted by molar-refractivity contribution is 0.177. The van der Waals surface area contributed by atoms with Gasteiger partial charge >= 0.3 is 0 Å². The molecule has 1 saturated heterocycles. The second-order valence-electron chi connectivity index (χ2n) is 3.61. The highest BCUT2D eigenvalue weighted by Gasteiger charge is 2.60. The van der Waals surface area contributed by atoms with E-state index in [1.54, 1.807) is 0 Å². The van der Waals surface area contributed by atoms with Crippen molar-refractivity contribution in [3.63, 3.8) is 0 Å². The molecule has 0 aromatic heterocycles. The summed E-state index contributed by atoms with van der Waals surface area (Å²) in [5.41, 5.74) is 0.639. The minimum atomic E-state index is 0.639. The Morgan fingerprint density at radius 2 is 2.00 bits per heavy atom. The zero-order chi connectivity index (χ0) is 6.48. The Kier molecular flexibility index (Phi) is 0.963. The quantitative estimate of drug-likeness (QED) is 0.480. The van der Waals surface area contributed by atoms with Gasteiger partial charge in [0.2, 0.25) is 0 Å². The van der Waals surface area contributed by atoms with Gasteiger partial charge in [-0.25, -0.2) is 0 Å². The van der Waals surface area contributed by atoms with E-state index >= 15 is 0 Å². The first kappa shape index (κ1) is 5.72.